The monoisotopic (exact) mass is 247 g/mol. The van der Waals surface area contributed by atoms with Crippen molar-refractivity contribution in [2.75, 3.05) is 0 Å². The van der Waals surface area contributed by atoms with Crippen molar-refractivity contribution in [1.29, 1.82) is 5.26 Å². The molecule has 1 heterocycles. The van der Waals surface area contributed by atoms with E-state index in [2.05, 4.69) is 30.4 Å². The molecule has 3 nitrogen and oxygen atoms in total. The second-order valence-electron chi connectivity index (χ2n) is 4.44. The van der Waals surface area contributed by atoms with Crippen LogP contribution in [0.15, 0.2) is 48.7 Å². The molecule has 0 saturated carbocycles. The fourth-order valence-electron chi connectivity index (χ4n) is 2.23. The molecule has 0 unspecified atom stereocenters. The number of nitriles is 1. The van der Waals surface area contributed by atoms with Gasteiger partial charge in [0.05, 0.1) is 22.8 Å². The van der Waals surface area contributed by atoms with Crippen molar-refractivity contribution in [2.45, 2.75) is 13.3 Å². The summed E-state index contributed by atoms with van der Waals surface area (Å²) in [6.45, 7) is 2.15. The highest BCUT2D eigenvalue weighted by Gasteiger charge is 2.05. The number of aromatic nitrogens is 2. The molecule has 0 radical (unpaired) electrons. The molecule has 3 rings (SSSR count). The molecule has 0 atom stereocenters. The van der Waals surface area contributed by atoms with E-state index in [1.807, 2.05) is 41.1 Å². The molecule has 0 bridgehead atoms. The van der Waals surface area contributed by atoms with E-state index in [-0.39, 0.29) is 0 Å². The molecular formula is C16H13N3. The molecule has 0 amide bonds. The van der Waals surface area contributed by atoms with Crippen LogP contribution < -0.4 is 0 Å². The minimum Gasteiger partial charge on any atom is -0.240 e. The standard InChI is InChI=1S/C16H13N3/c1-2-13-4-3-5-16-15(13)11-19(18-16)14-8-6-12(10-17)7-9-14/h3-9,11H,2H2,1H3. The van der Waals surface area contributed by atoms with Crippen molar-refractivity contribution >= 4 is 10.9 Å². The quantitative estimate of drug-likeness (QED) is 0.696. The topological polar surface area (TPSA) is 41.6 Å². The van der Waals surface area contributed by atoms with Crippen LogP contribution in [0.4, 0.5) is 0 Å². The van der Waals surface area contributed by atoms with E-state index in [0.717, 1.165) is 17.6 Å². The summed E-state index contributed by atoms with van der Waals surface area (Å²) in [6.07, 6.45) is 3.05. The number of nitrogens with zero attached hydrogens (tertiary/aromatic N) is 3. The van der Waals surface area contributed by atoms with Gasteiger partial charge < -0.3 is 0 Å². The highest BCUT2D eigenvalue weighted by molar-refractivity contribution is 5.82. The zero-order valence-electron chi connectivity index (χ0n) is 10.7. The Balaban J connectivity index is 2.12. The number of hydrogen-bond acceptors (Lipinski definition) is 2. The predicted octanol–water partition coefficient (Wildman–Crippen LogP) is 3.46. The predicted molar refractivity (Wildman–Crippen MR) is 75.2 cm³/mol. The molecule has 19 heavy (non-hydrogen) atoms. The molecule has 3 aromatic rings. The van der Waals surface area contributed by atoms with E-state index in [1.54, 1.807) is 0 Å². The molecule has 0 aliphatic rings. The SMILES string of the molecule is CCc1cccc2nn(-c3ccc(C#N)cc3)cc12. The molecule has 0 N–H and O–H groups in total. The second kappa shape index (κ2) is 4.58. The highest BCUT2D eigenvalue weighted by Crippen LogP contribution is 2.20. The maximum atomic E-state index is 8.81. The Kier molecular flexibility index (Phi) is 2.77. The molecule has 0 spiro atoms. The van der Waals surface area contributed by atoms with Gasteiger partial charge in [0, 0.05) is 11.6 Å². The van der Waals surface area contributed by atoms with Crippen molar-refractivity contribution in [3.63, 3.8) is 0 Å². The van der Waals surface area contributed by atoms with Gasteiger partial charge >= 0.3 is 0 Å². The summed E-state index contributed by atoms with van der Waals surface area (Å²) in [5.41, 5.74) is 3.94. The van der Waals surface area contributed by atoms with E-state index in [0.29, 0.717) is 5.56 Å². The lowest BCUT2D eigenvalue weighted by atomic mass is 10.1. The summed E-state index contributed by atoms with van der Waals surface area (Å²) in [6, 6.07) is 15.8. The Morgan fingerprint density at radius 3 is 2.63 bits per heavy atom. The number of hydrogen-bond donors (Lipinski definition) is 0. The van der Waals surface area contributed by atoms with Gasteiger partial charge in [0.1, 0.15) is 0 Å². The van der Waals surface area contributed by atoms with Crippen LogP contribution in [0.1, 0.15) is 18.1 Å². The van der Waals surface area contributed by atoms with E-state index in [4.69, 9.17) is 5.26 Å². The summed E-state index contributed by atoms with van der Waals surface area (Å²) in [7, 11) is 0. The van der Waals surface area contributed by atoms with Crippen molar-refractivity contribution in [1.82, 2.24) is 9.78 Å². The van der Waals surface area contributed by atoms with Crippen LogP contribution in [0, 0.1) is 11.3 Å². The Hall–Kier alpha value is -2.60. The van der Waals surface area contributed by atoms with Crippen LogP contribution >= 0.6 is 0 Å². The summed E-state index contributed by atoms with van der Waals surface area (Å²) >= 11 is 0. The van der Waals surface area contributed by atoms with Gasteiger partial charge in [-0.15, -0.1) is 0 Å². The fourth-order valence-corrected chi connectivity index (χ4v) is 2.23. The molecule has 0 saturated heterocycles. The van der Waals surface area contributed by atoms with Gasteiger partial charge in [0.15, 0.2) is 0 Å². The molecule has 1 aromatic heterocycles. The Morgan fingerprint density at radius 2 is 1.95 bits per heavy atom. The van der Waals surface area contributed by atoms with E-state index in [1.165, 1.54) is 10.9 Å². The zero-order valence-corrected chi connectivity index (χ0v) is 10.7. The van der Waals surface area contributed by atoms with Gasteiger partial charge in [-0.2, -0.15) is 10.4 Å². The van der Waals surface area contributed by atoms with Gasteiger partial charge in [0.25, 0.3) is 0 Å². The fraction of sp³-hybridized carbons (Fsp3) is 0.125. The zero-order chi connectivity index (χ0) is 13.2. The first-order chi connectivity index (χ1) is 9.31. The van der Waals surface area contributed by atoms with Crippen molar-refractivity contribution in [3.05, 3.63) is 59.8 Å². The van der Waals surface area contributed by atoms with Crippen LogP contribution in [0.3, 0.4) is 0 Å². The number of aryl methyl sites for hydroxylation is 1. The van der Waals surface area contributed by atoms with Gasteiger partial charge in [-0.3, -0.25) is 0 Å². The maximum Gasteiger partial charge on any atom is 0.0991 e. The molecule has 0 aliphatic heterocycles. The third-order valence-corrected chi connectivity index (χ3v) is 3.28. The Labute approximate surface area is 111 Å². The number of fused-ring (bicyclic) bond motifs is 1. The van der Waals surface area contributed by atoms with Crippen LogP contribution in [-0.4, -0.2) is 9.78 Å². The highest BCUT2D eigenvalue weighted by atomic mass is 15.3. The van der Waals surface area contributed by atoms with Crippen LogP contribution in [0.2, 0.25) is 0 Å². The van der Waals surface area contributed by atoms with Crippen LogP contribution in [0.25, 0.3) is 16.6 Å². The van der Waals surface area contributed by atoms with Gasteiger partial charge in [-0.25, -0.2) is 4.68 Å². The molecular weight excluding hydrogens is 234 g/mol. The first-order valence-electron chi connectivity index (χ1n) is 6.29. The molecule has 92 valence electrons. The number of benzene rings is 2. The lowest BCUT2D eigenvalue weighted by molar-refractivity contribution is 0.896. The second-order valence-corrected chi connectivity index (χ2v) is 4.44. The van der Waals surface area contributed by atoms with Crippen molar-refractivity contribution < 1.29 is 0 Å². The Bertz CT molecular complexity index is 761. The largest absolute Gasteiger partial charge is 0.240 e. The summed E-state index contributed by atoms with van der Waals surface area (Å²) in [5, 5.41) is 14.6. The normalized spacial score (nSPS) is 10.5. The van der Waals surface area contributed by atoms with Crippen molar-refractivity contribution in [3.8, 4) is 11.8 Å². The summed E-state index contributed by atoms with van der Waals surface area (Å²) in [4.78, 5) is 0. The van der Waals surface area contributed by atoms with Gasteiger partial charge in [-0.1, -0.05) is 19.1 Å². The van der Waals surface area contributed by atoms with Crippen molar-refractivity contribution in [2.24, 2.45) is 0 Å². The average molecular weight is 247 g/mol. The average Bonchev–Trinajstić information content (AvgIpc) is 2.91. The van der Waals surface area contributed by atoms with Crippen LogP contribution in [0.5, 0.6) is 0 Å². The van der Waals surface area contributed by atoms with Gasteiger partial charge in [-0.05, 0) is 42.3 Å². The number of rotatable bonds is 2. The van der Waals surface area contributed by atoms with E-state index < -0.39 is 0 Å². The third kappa shape index (κ3) is 1.98. The molecule has 3 heteroatoms. The Morgan fingerprint density at radius 1 is 1.16 bits per heavy atom. The summed E-state index contributed by atoms with van der Waals surface area (Å²) in [5.74, 6) is 0. The molecule has 0 aliphatic carbocycles. The minimum absolute atomic E-state index is 0.662. The maximum absolute atomic E-state index is 8.81. The first-order valence-corrected chi connectivity index (χ1v) is 6.29. The third-order valence-electron chi connectivity index (χ3n) is 3.28. The lowest BCUT2D eigenvalue weighted by Crippen LogP contribution is -1.93. The molecule has 2 aromatic carbocycles. The van der Waals surface area contributed by atoms with E-state index in [9.17, 15) is 0 Å². The smallest absolute Gasteiger partial charge is 0.0991 e. The van der Waals surface area contributed by atoms with E-state index >= 15 is 0 Å². The minimum atomic E-state index is 0.662. The summed E-state index contributed by atoms with van der Waals surface area (Å²) < 4.78 is 1.87. The van der Waals surface area contributed by atoms with Gasteiger partial charge in [0.2, 0.25) is 0 Å². The molecule has 0 fully saturated rings. The lowest BCUT2D eigenvalue weighted by Gasteiger charge is -1.99. The first kappa shape index (κ1) is 11.5. The van der Waals surface area contributed by atoms with Crippen LogP contribution in [-0.2, 0) is 6.42 Å².